The van der Waals surface area contributed by atoms with Crippen LogP contribution in [0.2, 0.25) is 25.0 Å². The number of nitrogens with zero attached hydrogens (tertiary/aromatic N) is 1. The quantitative estimate of drug-likeness (QED) is 0.854. The summed E-state index contributed by atoms with van der Waals surface area (Å²) in [5.41, 5.74) is 1.27. The van der Waals surface area contributed by atoms with E-state index in [4.69, 9.17) is 4.43 Å². The summed E-state index contributed by atoms with van der Waals surface area (Å²) < 4.78 is 6.58. The Morgan fingerprint density at radius 1 is 1.23 bits per heavy atom. The maximum atomic E-state index is 10.1. The predicted octanol–water partition coefficient (Wildman–Crippen LogP) is 3.93. The molecule has 0 bridgehead atoms. The Hall–Kier alpha value is -0.618. The molecule has 3 nitrogen and oxygen atoms in total. The van der Waals surface area contributed by atoms with Crippen molar-refractivity contribution in [2.75, 3.05) is 6.54 Å². The molecule has 122 valence electrons. The molecule has 5 heteroatoms. The fraction of sp³-hybridized carbons (Fsp3) is 0.647. The van der Waals surface area contributed by atoms with E-state index in [0.717, 1.165) is 13.0 Å². The van der Waals surface area contributed by atoms with Gasteiger partial charge in [-0.05, 0) is 36.9 Å². The molecule has 0 aliphatic carbocycles. The standard InChI is InChI=1S/C17H30BNO2Si/c1-17(2,3)22(5,6)21-15-12-16(19(13-15)18(4)20)14-10-8-7-9-11-14/h7-11,15-16,20H,12-13H2,1-6H3/t15-,16-/m0/s1. The first-order valence-corrected chi connectivity index (χ1v) is 11.2. The van der Waals surface area contributed by atoms with Gasteiger partial charge >= 0.3 is 7.05 Å². The van der Waals surface area contributed by atoms with E-state index < -0.39 is 15.4 Å². The molecule has 1 aromatic carbocycles. The zero-order valence-electron chi connectivity index (χ0n) is 14.8. The molecule has 0 unspecified atom stereocenters. The molecular formula is C17H30BNO2Si. The minimum atomic E-state index is -1.77. The van der Waals surface area contributed by atoms with Crippen LogP contribution >= 0.6 is 0 Å². The largest absolute Gasteiger partial charge is 0.437 e. The Morgan fingerprint density at radius 3 is 2.32 bits per heavy atom. The van der Waals surface area contributed by atoms with Crippen LogP contribution in [0.1, 0.15) is 38.8 Å². The zero-order valence-corrected chi connectivity index (χ0v) is 15.8. The molecule has 0 saturated carbocycles. The summed E-state index contributed by atoms with van der Waals surface area (Å²) in [7, 11) is -2.22. The first-order valence-electron chi connectivity index (χ1n) is 8.28. The SMILES string of the molecule is CB(O)N1C[C@@H](O[Si](C)(C)C(C)(C)C)C[C@H]1c1ccccc1. The molecule has 1 N–H and O–H groups in total. The van der Waals surface area contributed by atoms with Gasteiger partial charge in [0.05, 0.1) is 6.10 Å². The van der Waals surface area contributed by atoms with Gasteiger partial charge in [0, 0.05) is 12.6 Å². The Labute approximate surface area is 136 Å². The summed E-state index contributed by atoms with van der Waals surface area (Å²) in [5, 5.41) is 10.4. The molecule has 22 heavy (non-hydrogen) atoms. The fourth-order valence-corrected chi connectivity index (χ4v) is 4.27. The molecule has 2 atom stereocenters. The monoisotopic (exact) mass is 319 g/mol. The van der Waals surface area contributed by atoms with Crippen LogP contribution in [0, 0.1) is 0 Å². The van der Waals surface area contributed by atoms with Gasteiger partial charge in [0.1, 0.15) is 0 Å². The summed E-state index contributed by atoms with van der Waals surface area (Å²) in [5.74, 6) is 0. The number of hydrogen-bond acceptors (Lipinski definition) is 3. The van der Waals surface area contributed by atoms with E-state index in [0.29, 0.717) is 0 Å². The molecule has 1 aromatic rings. The highest BCUT2D eigenvalue weighted by Crippen LogP contribution is 2.41. The van der Waals surface area contributed by atoms with E-state index in [9.17, 15) is 5.02 Å². The van der Waals surface area contributed by atoms with Crippen molar-refractivity contribution in [3.63, 3.8) is 0 Å². The van der Waals surface area contributed by atoms with Crippen LogP contribution in [0.5, 0.6) is 0 Å². The van der Waals surface area contributed by atoms with Crippen LogP contribution in [0.15, 0.2) is 30.3 Å². The molecule has 0 aromatic heterocycles. The van der Waals surface area contributed by atoms with Gasteiger partial charge in [-0.2, -0.15) is 0 Å². The summed E-state index contributed by atoms with van der Waals surface area (Å²) >= 11 is 0. The minimum absolute atomic E-state index is 0.209. The summed E-state index contributed by atoms with van der Waals surface area (Å²) in [6, 6.07) is 10.7. The van der Waals surface area contributed by atoms with Gasteiger partial charge < -0.3 is 14.3 Å². The van der Waals surface area contributed by atoms with Crippen molar-refractivity contribution in [2.24, 2.45) is 0 Å². The highest BCUT2D eigenvalue weighted by molar-refractivity contribution is 6.74. The summed E-state index contributed by atoms with van der Waals surface area (Å²) in [6.45, 7) is 14.1. The molecule has 1 saturated heterocycles. The van der Waals surface area contributed by atoms with Gasteiger partial charge in [0.15, 0.2) is 8.32 Å². The second-order valence-corrected chi connectivity index (χ2v) is 12.7. The van der Waals surface area contributed by atoms with E-state index >= 15 is 0 Å². The first-order chi connectivity index (χ1) is 10.1. The second kappa shape index (κ2) is 6.48. The molecular weight excluding hydrogens is 289 g/mol. The van der Waals surface area contributed by atoms with Gasteiger partial charge in [-0.15, -0.1) is 0 Å². The summed E-state index contributed by atoms with van der Waals surface area (Å²) in [6.07, 6.45) is 1.17. The maximum Gasteiger partial charge on any atom is 0.377 e. The first kappa shape index (κ1) is 17.7. The normalized spacial score (nSPS) is 23.8. The predicted molar refractivity (Wildman–Crippen MR) is 96.4 cm³/mol. The molecule has 1 aliphatic rings. The van der Waals surface area contributed by atoms with Gasteiger partial charge in [0.2, 0.25) is 0 Å². The Morgan fingerprint density at radius 2 is 1.82 bits per heavy atom. The van der Waals surface area contributed by atoms with Crippen molar-refractivity contribution in [1.82, 2.24) is 4.81 Å². The van der Waals surface area contributed by atoms with Crippen molar-refractivity contribution >= 4 is 15.4 Å². The fourth-order valence-electron chi connectivity index (χ4n) is 2.92. The van der Waals surface area contributed by atoms with Crippen LogP contribution in [0.4, 0.5) is 0 Å². The third-order valence-electron chi connectivity index (χ3n) is 5.23. The van der Waals surface area contributed by atoms with Crippen molar-refractivity contribution < 1.29 is 9.45 Å². The minimum Gasteiger partial charge on any atom is -0.437 e. The Kier molecular flexibility index (Phi) is 5.22. The topological polar surface area (TPSA) is 32.7 Å². The lowest BCUT2D eigenvalue weighted by Crippen LogP contribution is -2.45. The van der Waals surface area contributed by atoms with Crippen molar-refractivity contribution in [3.8, 4) is 0 Å². The van der Waals surface area contributed by atoms with E-state index in [1.165, 1.54) is 5.56 Å². The highest BCUT2D eigenvalue weighted by atomic mass is 28.4. The number of benzene rings is 1. The van der Waals surface area contributed by atoms with E-state index in [-0.39, 0.29) is 17.2 Å². The van der Waals surface area contributed by atoms with Gasteiger partial charge in [-0.3, -0.25) is 0 Å². The molecule has 2 rings (SSSR count). The molecule has 0 radical (unpaired) electrons. The van der Waals surface area contributed by atoms with Crippen LogP contribution < -0.4 is 0 Å². The van der Waals surface area contributed by atoms with Crippen LogP contribution in [0.25, 0.3) is 0 Å². The van der Waals surface area contributed by atoms with Crippen molar-refractivity contribution in [2.45, 2.75) is 64.3 Å². The lowest BCUT2D eigenvalue weighted by Gasteiger charge is -2.38. The maximum absolute atomic E-state index is 10.1. The Bertz CT molecular complexity index is 487. The van der Waals surface area contributed by atoms with E-state index in [2.05, 4.69) is 62.9 Å². The van der Waals surface area contributed by atoms with Crippen LogP contribution in [-0.4, -0.2) is 37.9 Å². The van der Waals surface area contributed by atoms with E-state index in [1.54, 1.807) is 0 Å². The van der Waals surface area contributed by atoms with Crippen molar-refractivity contribution in [1.29, 1.82) is 0 Å². The zero-order chi connectivity index (χ0) is 16.5. The third kappa shape index (κ3) is 3.82. The van der Waals surface area contributed by atoms with E-state index in [1.807, 2.05) is 12.9 Å². The molecule has 1 aliphatic heterocycles. The summed E-state index contributed by atoms with van der Waals surface area (Å²) in [4.78, 5) is 2.16. The second-order valence-electron chi connectivity index (χ2n) is 7.99. The van der Waals surface area contributed by atoms with Gasteiger partial charge in [0.25, 0.3) is 0 Å². The third-order valence-corrected chi connectivity index (χ3v) is 9.77. The number of hydrogen-bond donors (Lipinski definition) is 1. The molecule has 1 heterocycles. The van der Waals surface area contributed by atoms with Gasteiger partial charge in [-0.1, -0.05) is 51.1 Å². The lowest BCUT2D eigenvalue weighted by molar-refractivity contribution is 0.191. The molecule has 0 amide bonds. The average Bonchev–Trinajstić information content (AvgIpc) is 2.82. The van der Waals surface area contributed by atoms with Crippen LogP contribution in [0.3, 0.4) is 0 Å². The average molecular weight is 319 g/mol. The van der Waals surface area contributed by atoms with Crippen LogP contribution in [-0.2, 0) is 4.43 Å². The number of rotatable bonds is 4. The highest BCUT2D eigenvalue weighted by Gasteiger charge is 2.44. The smallest absolute Gasteiger partial charge is 0.377 e. The Balaban J connectivity index is 2.15. The molecule has 0 spiro atoms. The van der Waals surface area contributed by atoms with Gasteiger partial charge in [-0.25, -0.2) is 0 Å². The van der Waals surface area contributed by atoms with Crippen molar-refractivity contribution in [3.05, 3.63) is 35.9 Å². The molecule has 1 fully saturated rings. The lowest BCUT2D eigenvalue weighted by atomic mass is 9.83.